The average Bonchev–Trinajstić information content (AvgIpc) is 2.28. The molecule has 94 valence electrons. The van der Waals surface area contributed by atoms with Gasteiger partial charge in [0.15, 0.2) is 0 Å². The first-order valence-corrected chi connectivity index (χ1v) is 6.74. The van der Waals surface area contributed by atoms with Gasteiger partial charge in [0.05, 0.1) is 6.10 Å². The van der Waals surface area contributed by atoms with Crippen LogP contribution in [0.1, 0.15) is 44.8 Å². The van der Waals surface area contributed by atoms with Crippen molar-refractivity contribution in [3.05, 3.63) is 29.8 Å². The number of aliphatic hydroxyl groups is 1. The second-order valence-corrected chi connectivity index (χ2v) is 5.07. The minimum Gasteiger partial charge on any atom is -0.389 e. The Morgan fingerprint density at radius 1 is 1.35 bits per heavy atom. The van der Waals surface area contributed by atoms with Crippen molar-refractivity contribution in [3.63, 3.8) is 0 Å². The average molecular weight is 233 g/mol. The Morgan fingerprint density at radius 3 is 2.59 bits per heavy atom. The zero-order valence-corrected chi connectivity index (χ0v) is 10.9. The van der Waals surface area contributed by atoms with Gasteiger partial charge >= 0.3 is 0 Å². The summed E-state index contributed by atoms with van der Waals surface area (Å²) in [5.74, 6) is 0.858. The number of benzene rings is 1. The Morgan fingerprint density at radius 2 is 2.06 bits per heavy atom. The van der Waals surface area contributed by atoms with Gasteiger partial charge in [-0.3, -0.25) is 0 Å². The summed E-state index contributed by atoms with van der Waals surface area (Å²) in [5, 5.41) is 9.83. The summed E-state index contributed by atoms with van der Waals surface area (Å²) in [6.07, 6.45) is 3.74. The van der Waals surface area contributed by atoms with Crippen LogP contribution in [-0.4, -0.2) is 18.2 Å². The second kappa shape index (κ2) is 5.54. The quantitative estimate of drug-likeness (QED) is 0.843. The maximum Gasteiger partial charge on any atom is 0.0781 e. The molecule has 1 N–H and O–H groups in total. The molecule has 0 radical (unpaired) electrons. The number of nitrogens with zero attached hydrogens (tertiary/aromatic N) is 1. The molecule has 1 aliphatic carbocycles. The fraction of sp³-hybridized carbons (Fsp3) is 0.600. The molecule has 0 aliphatic heterocycles. The van der Waals surface area contributed by atoms with E-state index in [2.05, 4.69) is 24.0 Å². The minimum absolute atomic E-state index is 0.387. The zero-order valence-electron chi connectivity index (χ0n) is 10.9. The van der Waals surface area contributed by atoms with Gasteiger partial charge in [-0.1, -0.05) is 24.6 Å². The monoisotopic (exact) mass is 233 g/mol. The molecule has 0 saturated heterocycles. The summed E-state index contributed by atoms with van der Waals surface area (Å²) in [4.78, 5) is 2.41. The standard InChI is InChI=1S/C15H23NO/c1-3-16(11-13-7-6-8-13)15-10-5-4-9-14(15)12(2)17/h4-5,9-10,12-13,17H,3,6-8,11H2,1-2H3/t12-/m0/s1. The first-order valence-electron chi connectivity index (χ1n) is 6.74. The molecule has 2 rings (SSSR count). The van der Waals surface area contributed by atoms with Crippen LogP contribution in [0.15, 0.2) is 24.3 Å². The summed E-state index contributed by atoms with van der Waals surface area (Å²) in [6, 6.07) is 8.22. The van der Waals surface area contributed by atoms with E-state index in [-0.39, 0.29) is 6.10 Å². The molecule has 0 heterocycles. The third-order valence-corrected chi connectivity index (χ3v) is 3.81. The van der Waals surface area contributed by atoms with Crippen molar-refractivity contribution in [2.75, 3.05) is 18.0 Å². The summed E-state index contributed by atoms with van der Waals surface area (Å²) in [5.41, 5.74) is 2.26. The number of hydrogen-bond acceptors (Lipinski definition) is 2. The van der Waals surface area contributed by atoms with Gasteiger partial charge in [0.1, 0.15) is 0 Å². The molecule has 2 nitrogen and oxygen atoms in total. The molecule has 2 heteroatoms. The minimum atomic E-state index is -0.387. The van der Waals surface area contributed by atoms with Crippen LogP contribution in [-0.2, 0) is 0 Å². The summed E-state index contributed by atoms with van der Waals surface area (Å²) in [7, 11) is 0. The van der Waals surface area contributed by atoms with Crippen molar-refractivity contribution < 1.29 is 5.11 Å². The SMILES string of the molecule is CCN(CC1CCC1)c1ccccc1[C@H](C)O. The van der Waals surface area contributed by atoms with E-state index in [0.29, 0.717) is 0 Å². The predicted octanol–water partition coefficient (Wildman–Crippen LogP) is 3.37. The van der Waals surface area contributed by atoms with Crippen LogP contribution in [0.3, 0.4) is 0 Å². The van der Waals surface area contributed by atoms with Gasteiger partial charge in [-0.05, 0) is 38.7 Å². The van der Waals surface area contributed by atoms with Gasteiger partial charge in [0, 0.05) is 24.3 Å². The molecule has 1 aliphatic rings. The molecule has 0 aromatic heterocycles. The fourth-order valence-electron chi connectivity index (χ4n) is 2.51. The van der Waals surface area contributed by atoms with Crippen LogP contribution in [0.25, 0.3) is 0 Å². The lowest BCUT2D eigenvalue weighted by molar-refractivity contribution is 0.199. The Balaban J connectivity index is 2.16. The molecule has 0 spiro atoms. The maximum atomic E-state index is 9.83. The van der Waals surface area contributed by atoms with Crippen molar-refractivity contribution in [2.45, 2.75) is 39.2 Å². The lowest BCUT2D eigenvalue weighted by Gasteiger charge is -2.34. The molecule has 0 bridgehead atoms. The molecular formula is C15H23NO. The Bertz CT molecular complexity index is 358. The number of aliphatic hydroxyl groups excluding tert-OH is 1. The Kier molecular flexibility index (Phi) is 4.06. The third-order valence-electron chi connectivity index (χ3n) is 3.81. The van der Waals surface area contributed by atoms with Gasteiger partial charge in [0.2, 0.25) is 0 Å². The lowest BCUT2D eigenvalue weighted by Crippen LogP contribution is -2.33. The Hall–Kier alpha value is -1.02. The first-order chi connectivity index (χ1) is 8.22. The number of anilines is 1. The highest BCUT2D eigenvalue weighted by molar-refractivity contribution is 5.54. The van der Waals surface area contributed by atoms with Gasteiger partial charge < -0.3 is 10.0 Å². The van der Waals surface area contributed by atoms with Crippen molar-refractivity contribution in [1.82, 2.24) is 0 Å². The van der Waals surface area contributed by atoms with Gasteiger partial charge in [0.25, 0.3) is 0 Å². The fourth-order valence-corrected chi connectivity index (χ4v) is 2.51. The lowest BCUT2D eigenvalue weighted by atomic mass is 9.85. The number of hydrogen-bond donors (Lipinski definition) is 1. The topological polar surface area (TPSA) is 23.5 Å². The smallest absolute Gasteiger partial charge is 0.0781 e. The maximum absolute atomic E-state index is 9.83. The van der Waals surface area contributed by atoms with Crippen LogP contribution in [0, 0.1) is 5.92 Å². The Labute approximate surface area is 104 Å². The number of para-hydroxylation sites is 1. The molecule has 1 atom stereocenters. The van der Waals surface area contributed by atoms with E-state index in [9.17, 15) is 5.11 Å². The molecular weight excluding hydrogens is 210 g/mol. The van der Waals surface area contributed by atoms with Crippen LogP contribution in [0.5, 0.6) is 0 Å². The van der Waals surface area contributed by atoms with E-state index in [1.807, 2.05) is 19.1 Å². The summed E-state index contributed by atoms with van der Waals surface area (Å²) >= 11 is 0. The first kappa shape index (κ1) is 12.4. The summed E-state index contributed by atoms with van der Waals surface area (Å²) < 4.78 is 0. The van der Waals surface area contributed by atoms with E-state index in [4.69, 9.17) is 0 Å². The van der Waals surface area contributed by atoms with Gasteiger partial charge in [-0.2, -0.15) is 0 Å². The normalized spacial score (nSPS) is 17.6. The van der Waals surface area contributed by atoms with E-state index >= 15 is 0 Å². The highest BCUT2D eigenvalue weighted by Crippen LogP contribution is 2.31. The second-order valence-electron chi connectivity index (χ2n) is 5.07. The molecule has 17 heavy (non-hydrogen) atoms. The molecule has 1 aromatic rings. The van der Waals surface area contributed by atoms with Crippen molar-refractivity contribution in [3.8, 4) is 0 Å². The third kappa shape index (κ3) is 2.81. The van der Waals surface area contributed by atoms with E-state index in [0.717, 1.165) is 24.6 Å². The molecule has 1 aromatic carbocycles. The van der Waals surface area contributed by atoms with Crippen molar-refractivity contribution >= 4 is 5.69 Å². The van der Waals surface area contributed by atoms with Crippen LogP contribution in [0.2, 0.25) is 0 Å². The zero-order chi connectivity index (χ0) is 12.3. The number of rotatable bonds is 5. The van der Waals surface area contributed by atoms with E-state index in [1.54, 1.807) is 0 Å². The molecule has 0 amide bonds. The van der Waals surface area contributed by atoms with Crippen molar-refractivity contribution in [2.24, 2.45) is 5.92 Å². The van der Waals surface area contributed by atoms with Crippen LogP contribution >= 0.6 is 0 Å². The van der Waals surface area contributed by atoms with Crippen LogP contribution < -0.4 is 4.90 Å². The van der Waals surface area contributed by atoms with Gasteiger partial charge in [-0.25, -0.2) is 0 Å². The van der Waals surface area contributed by atoms with Crippen LogP contribution in [0.4, 0.5) is 5.69 Å². The highest BCUT2D eigenvalue weighted by atomic mass is 16.3. The predicted molar refractivity (Wildman–Crippen MR) is 72.3 cm³/mol. The molecule has 1 saturated carbocycles. The molecule has 0 unspecified atom stereocenters. The highest BCUT2D eigenvalue weighted by Gasteiger charge is 2.21. The summed E-state index contributed by atoms with van der Waals surface area (Å²) in [6.45, 7) is 6.19. The molecule has 1 fully saturated rings. The van der Waals surface area contributed by atoms with E-state index in [1.165, 1.54) is 24.9 Å². The van der Waals surface area contributed by atoms with Gasteiger partial charge in [-0.15, -0.1) is 0 Å². The van der Waals surface area contributed by atoms with E-state index < -0.39 is 0 Å². The largest absolute Gasteiger partial charge is 0.389 e. The van der Waals surface area contributed by atoms with Crippen molar-refractivity contribution in [1.29, 1.82) is 0 Å².